The van der Waals surface area contributed by atoms with E-state index in [4.69, 9.17) is 10.7 Å². The zero-order valence-electron chi connectivity index (χ0n) is 11.0. The number of fused-ring (bicyclic) bond motifs is 2. The molecule has 0 amide bonds. The van der Waals surface area contributed by atoms with Gasteiger partial charge in [-0.2, -0.15) is 0 Å². The number of aromatic nitrogens is 2. The second-order valence-electron chi connectivity index (χ2n) is 6.10. The number of nitrogens with zero attached hydrogens (tertiary/aromatic N) is 2. The van der Waals surface area contributed by atoms with Crippen LogP contribution in [0.1, 0.15) is 62.9 Å². The molecule has 0 radical (unpaired) electrons. The Bertz CT molecular complexity index is 472. The van der Waals surface area contributed by atoms with Crippen LogP contribution in [0.5, 0.6) is 0 Å². The summed E-state index contributed by atoms with van der Waals surface area (Å²) in [4.78, 5) is 9.41. The van der Waals surface area contributed by atoms with Gasteiger partial charge in [0.15, 0.2) is 0 Å². The standard InChI is InChI=1S/C14H20IN3/c1-7(2)12-11(15)13(16)18-14(17-12)10-6-8-3-4-9(10)5-8/h7-10H,3-6H2,1-2H3,(H2,16,17,18). The van der Waals surface area contributed by atoms with Crippen molar-refractivity contribution in [2.24, 2.45) is 11.8 Å². The summed E-state index contributed by atoms with van der Waals surface area (Å²) in [6.45, 7) is 4.35. The molecule has 2 bridgehead atoms. The van der Waals surface area contributed by atoms with Gasteiger partial charge in [-0.3, -0.25) is 0 Å². The topological polar surface area (TPSA) is 51.8 Å². The Morgan fingerprint density at radius 3 is 2.56 bits per heavy atom. The van der Waals surface area contributed by atoms with Crippen LogP contribution in [0.4, 0.5) is 5.82 Å². The molecule has 18 heavy (non-hydrogen) atoms. The number of hydrogen-bond acceptors (Lipinski definition) is 3. The monoisotopic (exact) mass is 357 g/mol. The third-order valence-corrected chi connectivity index (χ3v) is 5.64. The van der Waals surface area contributed by atoms with Gasteiger partial charge >= 0.3 is 0 Å². The summed E-state index contributed by atoms with van der Waals surface area (Å²) in [5, 5.41) is 0. The highest BCUT2D eigenvalue weighted by atomic mass is 127. The van der Waals surface area contributed by atoms with Gasteiger partial charge in [0.1, 0.15) is 11.6 Å². The molecule has 0 saturated heterocycles. The molecule has 2 aliphatic rings. The van der Waals surface area contributed by atoms with Crippen LogP contribution < -0.4 is 5.73 Å². The van der Waals surface area contributed by atoms with Crippen LogP contribution >= 0.6 is 22.6 Å². The van der Waals surface area contributed by atoms with E-state index in [-0.39, 0.29) is 0 Å². The number of nitrogen functional groups attached to an aromatic ring is 1. The van der Waals surface area contributed by atoms with E-state index in [0.29, 0.717) is 17.7 Å². The normalized spacial score (nSPS) is 30.3. The van der Waals surface area contributed by atoms with Crippen molar-refractivity contribution in [2.45, 2.75) is 51.4 Å². The molecule has 1 aromatic rings. The first-order valence-corrected chi connectivity index (χ1v) is 7.97. The van der Waals surface area contributed by atoms with Crippen LogP contribution in [0.3, 0.4) is 0 Å². The molecule has 1 aromatic heterocycles. The Kier molecular flexibility index (Phi) is 3.24. The van der Waals surface area contributed by atoms with Gasteiger partial charge in [0, 0.05) is 5.92 Å². The highest BCUT2D eigenvalue weighted by Gasteiger charge is 2.41. The molecule has 2 saturated carbocycles. The highest BCUT2D eigenvalue weighted by Crippen LogP contribution is 2.52. The minimum atomic E-state index is 0.416. The Hall–Kier alpha value is -0.390. The van der Waals surface area contributed by atoms with E-state index < -0.39 is 0 Å². The molecule has 98 valence electrons. The maximum Gasteiger partial charge on any atom is 0.140 e. The van der Waals surface area contributed by atoms with Crippen molar-refractivity contribution in [2.75, 3.05) is 5.73 Å². The molecule has 0 spiro atoms. The summed E-state index contributed by atoms with van der Waals surface area (Å²) in [6, 6.07) is 0. The van der Waals surface area contributed by atoms with Crippen LogP contribution in [0.15, 0.2) is 0 Å². The lowest BCUT2D eigenvalue weighted by molar-refractivity contribution is 0.404. The molecular formula is C14H20IN3. The summed E-state index contributed by atoms with van der Waals surface area (Å²) in [6.07, 6.45) is 5.44. The Labute approximate surface area is 122 Å². The van der Waals surface area contributed by atoms with Gasteiger partial charge in [0.25, 0.3) is 0 Å². The van der Waals surface area contributed by atoms with Gasteiger partial charge in [-0.1, -0.05) is 20.3 Å². The molecule has 3 rings (SSSR count). The summed E-state index contributed by atoms with van der Waals surface area (Å²) in [5.41, 5.74) is 7.19. The lowest BCUT2D eigenvalue weighted by Crippen LogP contribution is -2.16. The van der Waals surface area contributed by atoms with E-state index in [1.54, 1.807) is 0 Å². The van der Waals surface area contributed by atoms with Gasteiger partial charge in [0.05, 0.1) is 9.26 Å². The molecule has 0 aromatic carbocycles. The number of rotatable bonds is 2. The largest absolute Gasteiger partial charge is 0.383 e. The van der Waals surface area contributed by atoms with E-state index in [2.05, 4.69) is 41.4 Å². The first kappa shape index (κ1) is 12.6. The summed E-state index contributed by atoms with van der Waals surface area (Å²) in [7, 11) is 0. The molecule has 2 N–H and O–H groups in total. The molecule has 4 heteroatoms. The second kappa shape index (κ2) is 4.62. The third-order valence-electron chi connectivity index (χ3n) is 4.54. The second-order valence-corrected chi connectivity index (χ2v) is 7.18. The van der Waals surface area contributed by atoms with Crippen LogP contribution in [0.2, 0.25) is 0 Å². The summed E-state index contributed by atoms with van der Waals surface area (Å²) in [5.74, 6) is 4.41. The SMILES string of the molecule is CC(C)c1nc(C2CC3CCC2C3)nc(N)c1I. The minimum absolute atomic E-state index is 0.416. The van der Waals surface area contributed by atoms with Crippen molar-refractivity contribution in [3.8, 4) is 0 Å². The van der Waals surface area contributed by atoms with E-state index >= 15 is 0 Å². The zero-order valence-corrected chi connectivity index (χ0v) is 13.1. The third kappa shape index (κ3) is 2.02. The Morgan fingerprint density at radius 1 is 1.22 bits per heavy atom. The van der Waals surface area contributed by atoms with Crippen molar-refractivity contribution in [1.29, 1.82) is 0 Å². The number of hydrogen-bond donors (Lipinski definition) is 1. The molecule has 2 aliphatic carbocycles. The highest BCUT2D eigenvalue weighted by molar-refractivity contribution is 14.1. The van der Waals surface area contributed by atoms with Crippen molar-refractivity contribution < 1.29 is 0 Å². The molecule has 3 unspecified atom stereocenters. The predicted molar refractivity (Wildman–Crippen MR) is 81.4 cm³/mol. The lowest BCUT2D eigenvalue weighted by Gasteiger charge is -2.22. The van der Waals surface area contributed by atoms with Crippen molar-refractivity contribution >= 4 is 28.4 Å². The van der Waals surface area contributed by atoms with Gasteiger partial charge in [-0.25, -0.2) is 9.97 Å². The average Bonchev–Trinajstić information content (AvgIpc) is 2.94. The van der Waals surface area contributed by atoms with E-state index in [0.717, 1.165) is 26.9 Å². The van der Waals surface area contributed by atoms with Crippen LogP contribution in [0, 0.1) is 15.4 Å². The van der Waals surface area contributed by atoms with Crippen LogP contribution in [-0.2, 0) is 0 Å². The molecule has 2 fully saturated rings. The zero-order chi connectivity index (χ0) is 12.9. The lowest BCUT2D eigenvalue weighted by atomic mass is 9.88. The first-order valence-electron chi connectivity index (χ1n) is 6.89. The quantitative estimate of drug-likeness (QED) is 0.822. The molecule has 3 nitrogen and oxygen atoms in total. The van der Waals surface area contributed by atoms with E-state index in [1.165, 1.54) is 25.7 Å². The predicted octanol–water partition coefficient (Wildman–Crippen LogP) is 3.69. The smallest absolute Gasteiger partial charge is 0.140 e. The number of nitrogens with two attached hydrogens (primary N) is 1. The fourth-order valence-electron chi connectivity index (χ4n) is 3.61. The number of halogens is 1. The van der Waals surface area contributed by atoms with Crippen molar-refractivity contribution in [3.05, 3.63) is 15.1 Å². The van der Waals surface area contributed by atoms with Crippen LogP contribution in [-0.4, -0.2) is 9.97 Å². The molecule has 1 heterocycles. The van der Waals surface area contributed by atoms with Crippen molar-refractivity contribution in [1.82, 2.24) is 9.97 Å². The fraction of sp³-hybridized carbons (Fsp3) is 0.714. The molecular weight excluding hydrogens is 337 g/mol. The van der Waals surface area contributed by atoms with Gasteiger partial charge < -0.3 is 5.73 Å². The van der Waals surface area contributed by atoms with Gasteiger partial charge in [0.2, 0.25) is 0 Å². The number of anilines is 1. The van der Waals surface area contributed by atoms with Crippen LogP contribution in [0.25, 0.3) is 0 Å². The fourth-order valence-corrected chi connectivity index (χ4v) is 4.47. The maximum absolute atomic E-state index is 6.07. The van der Waals surface area contributed by atoms with Gasteiger partial charge in [-0.05, 0) is 59.6 Å². The average molecular weight is 357 g/mol. The Morgan fingerprint density at radius 2 is 2.00 bits per heavy atom. The van der Waals surface area contributed by atoms with E-state index in [1.807, 2.05) is 0 Å². The van der Waals surface area contributed by atoms with Crippen molar-refractivity contribution in [3.63, 3.8) is 0 Å². The maximum atomic E-state index is 6.07. The molecule has 0 aliphatic heterocycles. The summed E-state index contributed by atoms with van der Waals surface area (Å²) < 4.78 is 1.04. The van der Waals surface area contributed by atoms with Gasteiger partial charge in [-0.15, -0.1) is 0 Å². The first-order chi connectivity index (χ1) is 8.56. The Balaban J connectivity index is 1.98. The van der Waals surface area contributed by atoms with E-state index in [9.17, 15) is 0 Å². The minimum Gasteiger partial charge on any atom is -0.383 e. The molecule has 3 atom stereocenters. The summed E-state index contributed by atoms with van der Waals surface area (Å²) >= 11 is 2.27.